The molecule has 0 atom stereocenters. The minimum Gasteiger partial charge on any atom is -0.0919 e. The average molecular weight is 116 g/mol. The molecule has 0 spiro atoms. The molecule has 0 radical (unpaired) electrons. The standard InChI is InChI=1S/C4H8.2C2H6/c1-3-4-2;2*1-2/h3-4H,1-2H3;2*1-2H3. The lowest BCUT2D eigenvalue weighted by atomic mass is 10.6. The number of hydrogen-bond acceptors (Lipinski definition) is 0. The van der Waals surface area contributed by atoms with Crippen molar-refractivity contribution < 1.29 is 0 Å². The van der Waals surface area contributed by atoms with Gasteiger partial charge in [-0.25, -0.2) is 0 Å². The van der Waals surface area contributed by atoms with Gasteiger partial charge < -0.3 is 0 Å². The van der Waals surface area contributed by atoms with E-state index in [2.05, 4.69) is 0 Å². The maximum Gasteiger partial charge on any atom is -0.0470 e. The van der Waals surface area contributed by atoms with Crippen molar-refractivity contribution in [3.8, 4) is 0 Å². The number of allylic oxidation sites excluding steroid dienone is 2. The molecule has 0 bridgehead atoms. The molecule has 0 saturated carbocycles. The summed E-state index contributed by atoms with van der Waals surface area (Å²) < 4.78 is 0. The minimum atomic E-state index is 2.00. The molecule has 8 heavy (non-hydrogen) atoms. The predicted octanol–water partition coefficient (Wildman–Crippen LogP) is 3.63. The Balaban J connectivity index is -0.0000000542. The quantitative estimate of drug-likeness (QED) is 0.424. The molecule has 0 aromatic carbocycles. The minimum absolute atomic E-state index is 2.00. The molecule has 0 N–H and O–H groups in total. The van der Waals surface area contributed by atoms with Gasteiger partial charge in [0.15, 0.2) is 0 Å². The Morgan fingerprint density at radius 1 is 0.625 bits per heavy atom. The van der Waals surface area contributed by atoms with Gasteiger partial charge in [-0.2, -0.15) is 0 Å². The van der Waals surface area contributed by atoms with E-state index in [1.807, 2.05) is 53.7 Å². The summed E-state index contributed by atoms with van der Waals surface area (Å²) in [5.41, 5.74) is 0. The molecule has 0 aliphatic carbocycles. The second kappa shape index (κ2) is 73.3. The summed E-state index contributed by atoms with van der Waals surface area (Å²) in [5, 5.41) is 0. The molecule has 0 amide bonds. The van der Waals surface area contributed by atoms with E-state index in [1.165, 1.54) is 0 Å². The Morgan fingerprint density at radius 2 is 0.750 bits per heavy atom. The second-order valence-corrected chi connectivity index (χ2v) is 0.667. The Labute approximate surface area is 54.6 Å². The van der Waals surface area contributed by atoms with E-state index >= 15 is 0 Å². The van der Waals surface area contributed by atoms with Crippen LogP contribution in [0.5, 0.6) is 0 Å². The topological polar surface area (TPSA) is 0 Å². The Hall–Kier alpha value is -0.260. The highest BCUT2D eigenvalue weighted by Crippen LogP contribution is 1.57. The summed E-state index contributed by atoms with van der Waals surface area (Å²) in [5.74, 6) is 0. The van der Waals surface area contributed by atoms with Crippen LogP contribution in [0.4, 0.5) is 0 Å². The Kier molecular flexibility index (Phi) is 143. The molecule has 0 unspecified atom stereocenters. The fourth-order valence-electron chi connectivity index (χ4n) is 0. The largest absolute Gasteiger partial charge is 0.0919 e. The molecular formula is C8H20. The van der Waals surface area contributed by atoms with Crippen molar-refractivity contribution in [1.29, 1.82) is 0 Å². The van der Waals surface area contributed by atoms with E-state index < -0.39 is 0 Å². The van der Waals surface area contributed by atoms with E-state index in [1.54, 1.807) is 0 Å². The van der Waals surface area contributed by atoms with Crippen LogP contribution < -0.4 is 0 Å². The first kappa shape index (κ1) is 15.6. The van der Waals surface area contributed by atoms with Gasteiger partial charge in [0.25, 0.3) is 0 Å². The second-order valence-electron chi connectivity index (χ2n) is 0.667. The summed E-state index contributed by atoms with van der Waals surface area (Å²) in [6, 6.07) is 0. The zero-order chi connectivity index (χ0) is 7.41. The third-order valence-corrected chi connectivity index (χ3v) is 0.333. The van der Waals surface area contributed by atoms with Crippen molar-refractivity contribution >= 4 is 0 Å². The third kappa shape index (κ3) is 236. The summed E-state index contributed by atoms with van der Waals surface area (Å²) >= 11 is 0. The van der Waals surface area contributed by atoms with Crippen LogP contribution in [0.15, 0.2) is 12.2 Å². The first-order chi connectivity index (χ1) is 3.91. The van der Waals surface area contributed by atoms with E-state index in [0.717, 1.165) is 0 Å². The lowest BCUT2D eigenvalue weighted by Gasteiger charge is -1.49. The van der Waals surface area contributed by atoms with Crippen LogP contribution in [0.3, 0.4) is 0 Å². The van der Waals surface area contributed by atoms with Crippen molar-refractivity contribution in [3.63, 3.8) is 0 Å². The van der Waals surface area contributed by atoms with E-state index in [4.69, 9.17) is 0 Å². The van der Waals surface area contributed by atoms with Gasteiger partial charge in [-0.3, -0.25) is 0 Å². The fourth-order valence-corrected chi connectivity index (χ4v) is 0. The molecule has 0 fully saturated rings. The molecule has 0 rings (SSSR count). The third-order valence-electron chi connectivity index (χ3n) is 0.333. The lowest BCUT2D eigenvalue weighted by molar-refractivity contribution is 1.50. The molecule has 0 nitrogen and oxygen atoms in total. The molecular weight excluding hydrogens is 96.1 g/mol. The normalized spacial score (nSPS) is 6.25. The average Bonchev–Trinajstić information content (AvgIpc) is 1.96. The highest BCUT2D eigenvalue weighted by Gasteiger charge is 1.34. The van der Waals surface area contributed by atoms with Crippen LogP contribution in [0, 0.1) is 0 Å². The van der Waals surface area contributed by atoms with Gasteiger partial charge >= 0.3 is 0 Å². The van der Waals surface area contributed by atoms with Crippen molar-refractivity contribution in [2.24, 2.45) is 0 Å². The lowest BCUT2D eigenvalue weighted by Crippen LogP contribution is -1.26. The molecule has 52 valence electrons. The summed E-state index contributed by atoms with van der Waals surface area (Å²) in [6.45, 7) is 12.0. The smallest absolute Gasteiger partial charge is 0.0470 e. The summed E-state index contributed by atoms with van der Waals surface area (Å²) in [6.07, 6.45) is 4.00. The fraction of sp³-hybridized carbons (Fsp3) is 0.750. The van der Waals surface area contributed by atoms with Gasteiger partial charge in [0.2, 0.25) is 0 Å². The molecule has 0 aliphatic rings. The van der Waals surface area contributed by atoms with E-state index in [0.29, 0.717) is 0 Å². The maximum atomic E-state index is 2.00. The SMILES string of the molecule is CC.CC.CC=CC. The molecule has 0 aromatic heterocycles. The van der Waals surface area contributed by atoms with Gasteiger partial charge in [-0.15, -0.1) is 0 Å². The van der Waals surface area contributed by atoms with Crippen LogP contribution in [0.1, 0.15) is 41.5 Å². The highest BCUT2D eigenvalue weighted by molar-refractivity contribution is 4.68. The maximum absolute atomic E-state index is 2.00. The number of rotatable bonds is 0. The van der Waals surface area contributed by atoms with Crippen LogP contribution in [0.25, 0.3) is 0 Å². The van der Waals surface area contributed by atoms with Gasteiger partial charge in [0, 0.05) is 0 Å². The molecule has 0 heterocycles. The Bertz CT molecular complexity index is 15.2. The van der Waals surface area contributed by atoms with Crippen molar-refractivity contribution in [2.45, 2.75) is 41.5 Å². The van der Waals surface area contributed by atoms with Gasteiger partial charge in [0.1, 0.15) is 0 Å². The number of hydrogen-bond donors (Lipinski definition) is 0. The van der Waals surface area contributed by atoms with E-state index in [-0.39, 0.29) is 0 Å². The molecule has 0 aliphatic heterocycles. The van der Waals surface area contributed by atoms with Crippen molar-refractivity contribution in [3.05, 3.63) is 12.2 Å². The molecule has 0 saturated heterocycles. The van der Waals surface area contributed by atoms with Crippen molar-refractivity contribution in [1.82, 2.24) is 0 Å². The van der Waals surface area contributed by atoms with Gasteiger partial charge in [-0.1, -0.05) is 39.8 Å². The first-order valence-corrected chi connectivity index (χ1v) is 3.49. The van der Waals surface area contributed by atoms with Gasteiger partial charge in [-0.05, 0) is 13.8 Å². The Morgan fingerprint density at radius 3 is 0.750 bits per heavy atom. The first-order valence-electron chi connectivity index (χ1n) is 3.49. The van der Waals surface area contributed by atoms with E-state index in [9.17, 15) is 0 Å². The summed E-state index contributed by atoms with van der Waals surface area (Å²) in [7, 11) is 0. The van der Waals surface area contributed by atoms with Crippen molar-refractivity contribution in [2.75, 3.05) is 0 Å². The zero-order valence-electron chi connectivity index (χ0n) is 7.15. The molecule has 0 heteroatoms. The predicted molar refractivity (Wildman–Crippen MR) is 43.2 cm³/mol. The van der Waals surface area contributed by atoms with Crippen LogP contribution in [-0.2, 0) is 0 Å². The molecule has 0 aromatic rings. The van der Waals surface area contributed by atoms with Crippen LogP contribution >= 0.6 is 0 Å². The van der Waals surface area contributed by atoms with Crippen LogP contribution in [0.2, 0.25) is 0 Å². The highest BCUT2D eigenvalue weighted by atomic mass is 13.4. The van der Waals surface area contributed by atoms with Gasteiger partial charge in [0.05, 0.1) is 0 Å². The zero-order valence-corrected chi connectivity index (χ0v) is 7.15. The monoisotopic (exact) mass is 116 g/mol. The summed E-state index contributed by atoms with van der Waals surface area (Å²) in [4.78, 5) is 0. The van der Waals surface area contributed by atoms with Crippen LogP contribution in [-0.4, -0.2) is 0 Å².